The Bertz CT molecular complexity index is 884. The van der Waals surface area contributed by atoms with Crippen LogP contribution in [0.25, 0.3) is 10.9 Å². The Morgan fingerprint density at radius 2 is 1.86 bits per heavy atom. The number of carbonyl (C=O) groups is 1. The highest BCUT2D eigenvalue weighted by Gasteiger charge is 2.47. The van der Waals surface area contributed by atoms with Gasteiger partial charge in [-0.1, -0.05) is 6.92 Å². The first kappa shape index (κ1) is 20.3. The predicted octanol–water partition coefficient (Wildman–Crippen LogP) is 4.69. The van der Waals surface area contributed by atoms with Crippen molar-refractivity contribution in [2.45, 2.75) is 70.3 Å². The van der Waals surface area contributed by atoms with Crippen LogP contribution in [-0.4, -0.2) is 22.1 Å². The Morgan fingerprint density at radius 3 is 2.52 bits per heavy atom. The molecule has 1 amide bonds. The molecule has 1 aromatic heterocycles. The van der Waals surface area contributed by atoms with Gasteiger partial charge in [-0.15, -0.1) is 0 Å². The van der Waals surface area contributed by atoms with Crippen LogP contribution in [0.4, 0.5) is 4.39 Å². The van der Waals surface area contributed by atoms with Crippen molar-refractivity contribution in [2.75, 3.05) is 0 Å². The molecule has 0 radical (unpaired) electrons. The SMILES string of the molecule is C[C@H](C1CCC(c2ccnc3ccc(F)cc23)CC1)C1(C(N)=O)CCC(O)CC1. The Hall–Kier alpha value is -2.01. The molecule has 29 heavy (non-hydrogen) atoms. The van der Waals surface area contributed by atoms with Crippen LogP contribution in [0.15, 0.2) is 30.5 Å². The number of benzene rings is 1. The molecule has 5 heteroatoms. The number of rotatable bonds is 4. The minimum atomic E-state index is -0.483. The zero-order valence-corrected chi connectivity index (χ0v) is 17.1. The third-order valence-corrected chi connectivity index (χ3v) is 7.87. The van der Waals surface area contributed by atoms with Gasteiger partial charge in [0.15, 0.2) is 0 Å². The molecule has 156 valence electrons. The standard InChI is InChI=1S/C24H31FN2O2/c1-15(24(23(26)29)11-8-19(28)9-12-24)16-2-4-17(5-3-16)20-10-13-27-22-7-6-18(25)14-21(20)22/h6-7,10,13-17,19,28H,2-5,8-9,11-12H2,1H3,(H2,26,29)/t15-,16?,17?,19?,24?/m1/s1. The monoisotopic (exact) mass is 398 g/mol. The second-order valence-corrected chi connectivity index (χ2v) is 9.21. The number of nitrogens with two attached hydrogens (primary N) is 1. The van der Waals surface area contributed by atoms with Gasteiger partial charge in [0.1, 0.15) is 5.82 Å². The molecule has 3 N–H and O–H groups in total. The van der Waals surface area contributed by atoms with Gasteiger partial charge in [-0.2, -0.15) is 0 Å². The van der Waals surface area contributed by atoms with E-state index in [4.69, 9.17) is 5.73 Å². The number of hydrogen-bond acceptors (Lipinski definition) is 3. The summed E-state index contributed by atoms with van der Waals surface area (Å²) in [4.78, 5) is 16.8. The van der Waals surface area contributed by atoms with Gasteiger partial charge < -0.3 is 10.8 Å². The lowest BCUT2D eigenvalue weighted by Crippen LogP contribution is -2.48. The molecule has 0 spiro atoms. The van der Waals surface area contributed by atoms with Crippen LogP contribution < -0.4 is 5.73 Å². The molecular formula is C24H31FN2O2. The Balaban J connectivity index is 1.50. The number of halogens is 1. The highest BCUT2D eigenvalue weighted by molar-refractivity contribution is 5.82. The van der Waals surface area contributed by atoms with E-state index < -0.39 is 5.41 Å². The second kappa shape index (κ2) is 8.02. The topological polar surface area (TPSA) is 76.2 Å². The van der Waals surface area contributed by atoms with E-state index in [0.717, 1.165) is 36.6 Å². The largest absolute Gasteiger partial charge is 0.393 e. The number of hydrogen-bond donors (Lipinski definition) is 2. The zero-order valence-electron chi connectivity index (χ0n) is 17.1. The van der Waals surface area contributed by atoms with Crippen LogP contribution in [0.3, 0.4) is 0 Å². The summed E-state index contributed by atoms with van der Waals surface area (Å²) < 4.78 is 13.8. The lowest BCUT2D eigenvalue weighted by molar-refractivity contribution is -0.136. The summed E-state index contributed by atoms with van der Waals surface area (Å²) in [6, 6.07) is 6.84. The highest BCUT2D eigenvalue weighted by Crippen LogP contribution is 2.50. The predicted molar refractivity (Wildman–Crippen MR) is 112 cm³/mol. The van der Waals surface area contributed by atoms with Crippen LogP contribution in [0.1, 0.15) is 69.8 Å². The number of aliphatic hydroxyl groups excluding tert-OH is 1. The first-order chi connectivity index (χ1) is 13.9. The fourth-order valence-electron chi connectivity index (χ4n) is 5.92. The van der Waals surface area contributed by atoms with Gasteiger partial charge in [-0.3, -0.25) is 9.78 Å². The number of aliphatic hydroxyl groups is 1. The summed E-state index contributed by atoms with van der Waals surface area (Å²) in [6.07, 6.45) is 8.38. The molecule has 1 heterocycles. The van der Waals surface area contributed by atoms with Gasteiger partial charge in [-0.05, 0) is 98.9 Å². The molecule has 0 saturated heterocycles. The average Bonchev–Trinajstić information content (AvgIpc) is 2.73. The lowest BCUT2D eigenvalue weighted by Gasteiger charge is -2.45. The molecule has 1 aromatic carbocycles. The maximum Gasteiger partial charge on any atom is 0.223 e. The normalized spacial score (nSPS) is 31.5. The van der Waals surface area contributed by atoms with E-state index in [1.165, 1.54) is 11.6 Å². The summed E-state index contributed by atoms with van der Waals surface area (Å²) in [5, 5.41) is 10.8. The number of pyridine rings is 1. The number of aromatic nitrogens is 1. The second-order valence-electron chi connectivity index (χ2n) is 9.21. The van der Waals surface area contributed by atoms with E-state index in [1.807, 2.05) is 12.3 Å². The third kappa shape index (κ3) is 3.77. The van der Waals surface area contributed by atoms with Crippen molar-refractivity contribution in [3.8, 4) is 0 Å². The molecule has 2 saturated carbocycles. The molecule has 0 unspecified atom stereocenters. The first-order valence-corrected chi connectivity index (χ1v) is 10.9. The van der Waals surface area contributed by atoms with Crippen molar-refractivity contribution in [1.29, 1.82) is 0 Å². The van der Waals surface area contributed by atoms with E-state index >= 15 is 0 Å². The van der Waals surface area contributed by atoms with Gasteiger partial charge in [0, 0.05) is 11.6 Å². The molecule has 2 aliphatic carbocycles. The van der Waals surface area contributed by atoms with E-state index in [-0.39, 0.29) is 23.7 Å². The number of amides is 1. The van der Waals surface area contributed by atoms with Crippen LogP contribution >= 0.6 is 0 Å². The maximum atomic E-state index is 13.8. The Labute approximate surface area is 171 Å². The van der Waals surface area contributed by atoms with Crippen molar-refractivity contribution >= 4 is 16.8 Å². The summed E-state index contributed by atoms with van der Waals surface area (Å²) >= 11 is 0. The zero-order chi connectivity index (χ0) is 20.6. The number of fused-ring (bicyclic) bond motifs is 1. The molecular weight excluding hydrogens is 367 g/mol. The number of primary amides is 1. The van der Waals surface area contributed by atoms with Crippen LogP contribution in [0.5, 0.6) is 0 Å². The minimum Gasteiger partial charge on any atom is -0.393 e. The molecule has 1 atom stereocenters. The lowest BCUT2D eigenvalue weighted by atomic mass is 9.59. The summed E-state index contributed by atoms with van der Waals surface area (Å²) in [5.74, 6) is 0.647. The smallest absolute Gasteiger partial charge is 0.223 e. The number of nitrogens with zero attached hydrogens (tertiary/aromatic N) is 1. The fourth-order valence-corrected chi connectivity index (χ4v) is 5.92. The molecule has 0 aliphatic heterocycles. The van der Waals surface area contributed by atoms with Gasteiger partial charge in [0.05, 0.1) is 17.0 Å². The third-order valence-electron chi connectivity index (χ3n) is 7.87. The Morgan fingerprint density at radius 1 is 1.17 bits per heavy atom. The van der Waals surface area contributed by atoms with Crippen molar-refractivity contribution in [3.05, 3.63) is 41.8 Å². The van der Waals surface area contributed by atoms with Gasteiger partial charge in [0.2, 0.25) is 5.91 Å². The van der Waals surface area contributed by atoms with E-state index in [1.54, 1.807) is 12.1 Å². The fraction of sp³-hybridized carbons (Fsp3) is 0.583. The van der Waals surface area contributed by atoms with E-state index in [9.17, 15) is 14.3 Å². The van der Waals surface area contributed by atoms with E-state index in [0.29, 0.717) is 37.5 Å². The summed E-state index contributed by atoms with van der Waals surface area (Å²) in [7, 11) is 0. The molecule has 2 aliphatic rings. The van der Waals surface area contributed by atoms with Crippen molar-refractivity contribution in [2.24, 2.45) is 23.0 Å². The molecule has 4 nitrogen and oxygen atoms in total. The van der Waals surface area contributed by atoms with Crippen molar-refractivity contribution in [1.82, 2.24) is 4.98 Å². The average molecular weight is 399 g/mol. The van der Waals surface area contributed by atoms with Crippen molar-refractivity contribution < 1.29 is 14.3 Å². The highest BCUT2D eigenvalue weighted by atomic mass is 19.1. The van der Waals surface area contributed by atoms with Crippen LogP contribution in [0.2, 0.25) is 0 Å². The Kier molecular flexibility index (Phi) is 5.60. The van der Waals surface area contributed by atoms with E-state index in [2.05, 4.69) is 11.9 Å². The first-order valence-electron chi connectivity index (χ1n) is 10.9. The van der Waals surface area contributed by atoms with Crippen molar-refractivity contribution in [3.63, 3.8) is 0 Å². The minimum absolute atomic E-state index is 0.199. The maximum absolute atomic E-state index is 13.8. The molecule has 2 aromatic rings. The van der Waals surface area contributed by atoms with Gasteiger partial charge in [-0.25, -0.2) is 4.39 Å². The number of carbonyl (C=O) groups excluding carboxylic acids is 1. The quantitative estimate of drug-likeness (QED) is 0.784. The van der Waals surface area contributed by atoms with Crippen LogP contribution in [0, 0.1) is 23.1 Å². The van der Waals surface area contributed by atoms with Gasteiger partial charge in [0.25, 0.3) is 0 Å². The molecule has 0 bridgehead atoms. The summed E-state index contributed by atoms with van der Waals surface area (Å²) in [5.41, 5.74) is 7.43. The summed E-state index contributed by atoms with van der Waals surface area (Å²) in [6.45, 7) is 2.19. The molecule has 2 fully saturated rings. The molecule has 4 rings (SSSR count). The van der Waals surface area contributed by atoms with Crippen LogP contribution in [-0.2, 0) is 4.79 Å². The van der Waals surface area contributed by atoms with Gasteiger partial charge >= 0.3 is 0 Å².